The minimum Gasteiger partial charge on any atom is -0.318 e. The number of carbonyl (C=O) groups excluding carboxylic acids is 2. The van der Waals surface area contributed by atoms with E-state index in [0.29, 0.717) is 11.1 Å². The molecule has 0 aliphatic carbocycles. The van der Waals surface area contributed by atoms with Crippen LogP contribution in [0.2, 0.25) is 0 Å². The summed E-state index contributed by atoms with van der Waals surface area (Å²) < 4.78 is 15.1. The van der Waals surface area contributed by atoms with Crippen molar-refractivity contribution >= 4 is 18.0 Å². The van der Waals surface area contributed by atoms with E-state index in [2.05, 4.69) is 11.4 Å². The zero-order valence-corrected chi connectivity index (χ0v) is 17.0. The lowest BCUT2D eigenvalue weighted by Crippen LogP contribution is -2.30. The monoisotopic (exact) mass is 414 g/mol. The van der Waals surface area contributed by atoms with Crippen molar-refractivity contribution in [2.24, 2.45) is 0 Å². The van der Waals surface area contributed by atoms with E-state index >= 15 is 0 Å². The van der Waals surface area contributed by atoms with E-state index in [1.807, 2.05) is 36.6 Å². The number of aromatic nitrogens is 1. The minimum atomic E-state index is -0.513. The highest BCUT2D eigenvalue weighted by molar-refractivity contribution is 6.14. The van der Waals surface area contributed by atoms with Gasteiger partial charge in [0, 0.05) is 17.1 Å². The van der Waals surface area contributed by atoms with Gasteiger partial charge in [0.25, 0.3) is 5.91 Å². The first-order chi connectivity index (χ1) is 14.9. The predicted octanol–water partition coefficient (Wildman–Crippen LogP) is 4.20. The van der Waals surface area contributed by atoms with Gasteiger partial charge in [-0.3, -0.25) is 9.69 Å². The normalized spacial score (nSPS) is 14.8. The molecule has 4 rings (SSSR count). The summed E-state index contributed by atoms with van der Waals surface area (Å²) in [4.78, 5) is 26.2. The third kappa shape index (κ3) is 3.83. The van der Waals surface area contributed by atoms with Crippen molar-refractivity contribution in [2.75, 3.05) is 0 Å². The number of benzene rings is 2. The van der Waals surface area contributed by atoms with Crippen LogP contribution >= 0.6 is 0 Å². The van der Waals surface area contributed by atoms with Gasteiger partial charge in [0.1, 0.15) is 11.5 Å². The molecule has 7 heteroatoms. The zero-order chi connectivity index (χ0) is 22.1. The van der Waals surface area contributed by atoms with Crippen LogP contribution in [0.4, 0.5) is 9.18 Å². The lowest BCUT2D eigenvalue weighted by atomic mass is 10.2. The van der Waals surface area contributed by atoms with Gasteiger partial charge in [-0.15, -0.1) is 0 Å². The predicted molar refractivity (Wildman–Crippen MR) is 113 cm³/mol. The van der Waals surface area contributed by atoms with E-state index in [0.717, 1.165) is 27.5 Å². The Labute approximate surface area is 178 Å². The number of amides is 3. The fourth-order valence-corrected chi connectivity index (χ4v) is 3.66. The summed E-state index contributed by atoms with van der Waals surface area (Å²) in [5.74, 6) is -0.809. The van der Waals surface area contributed by atoms with Gasteiger partial charge in [-0.1, -0.05) is 12.1 Å². The molecule has 1 N–H and O–H groups in total. The first kappa shape index (κ1) is 20.1. The topological polar surface area (TPSA) is 78.1 Å². The molecule has 3 aromatic rings. The van der Waals surface area contributed by atoms with Crippen LogP contribution in [-0.4, -0.2) is 21.4 Å². The molecule has 0 unspecified atom stereocenters. The number of hydrogen-bond acceptors (Lipinski definition) is 3. The second-order valence-electron chi connectivity index (χ2n) is 7.33. The fourth-order valence-electron chi connectivity index (χ4n) is 3.66. The molecule has 1 aliphatic rings. The lowest BCUT2D eigenvalue weighted by Gasteiger charge is -2.11. The first-order valence-electron chi connectivity index (χ1n) is 9.66. The molecular weight excluding hydrogens is 395 g/mol. The molecule has 0 atom stereocenters. The van der Waals surface area contributed by atoms with Gasteiger partial charge in [0.05, 0.1) is 18.2 Å². The molecule has 1 fully saturated rings. The third-order valence-electron chi connectivity index (χ3n) is 5.24. The molecule has 0 saturated carbocycles. The highest BCUT2D eigenvalue weighted by atomic mass is 19.1. The smallest absolute Gasteiger partial charge is 0.318 e. The Morgan fingerprint density at radius 3 is 2.39 bits per heavy atom. The van der Waals surface area contributed by atoms with Crippen LogP contribution in [0.3, 0.4) is 0 Å². The quantitative estimate of drug-likeness (QED) is 0.513. The average molecular weight is 414 g/mol. The number of urea groups is 1. The van der Waals surface area contributed by atoms with Gasteiger partial charge in [0.2, 0.25) is 0 Å². The van der Waals surface area contributed by atoms with Crippen molar-refractivity contribution in [1.82, 2.24) is 14.8 Å². The van der Waals surface area contributed by atoms with E-state index in [9.17, 15) is 14.0 Å². The molecule has 154 valence electrons. The van der Waals surface area contributed by atoms with Crippen LogP contribution in [0.25, 0.3) is 11.8 Å². The summed E-state index contributed by atoms with van der Waals surface area (Å²) in [7, 11) is 0. The van der Waals surface area contributed by atoms with Crippen molar-refractivity contribution in [2.45, 2.75) is 20.4 Å². The molecule has 31 heavy (non-hydrogen) atoms. The Hall–Kier alpha value is -4.18. The molecule has 1 aliphatic heterocycles. The molecule has 2 heterocycles. The number of aryl methyl sites for hydroxylation is 1. The average Bonchev–Trinajstić information content (AvgIpc) is 3.19. The summed E-state index contributed by atoms with van der Waals surface area (Å²) in [6.45, 7) is 3.94. The maximum Gasteiger partial charge on any atom is 0.329 e. The van der Waals surface area contributed by atoms with Crippen LogP contribution in [0, 0.1) is 31.0 Å². The minimum absolute atomic E-state index is 0.0621. The van der Waals surface area contributed by atoms with Gasteiger partial charge in [-0.25, -0.2) is 9.18 Å². The Morgan fingerprint density at radius 1 is 1.06 bits per heavy atom. The molecule has 2 aromatic carbocycles. The summed E-state index contributed by atoms with van der Waals surface area (Å²) in [5.41, 5.74) is 4.97. The zero-order valence-electron chi connectivity index (χ0n) is 17.0. The largest absolute Gasteiger partial charge is 0.329 e. The number of nitriles is 1. The number of imide groups is 1. The van der Waals surface area contributed by atoms with Gasteiger partial charge >= 0.3 is 6.03 Å². The molecule has 3 amide bonds. The second-order valence-corrected chi connectivity index (χ2v) is 7.33. The van der Waals surface area contributed by atoms with Crippen molar-refractivity contribution < 1.29 is 14.0 Å². The van der Waals surface area contributed by atoms with E-state index in [4.69, 9.17) is 5.26 Å². The van der Waals surface area contributed by atoms with Crippen molar-refractivity contribution in [1.29, 1.82) is 5.26 Å². The summed E-state index contributed by atoms with van der Waals surface area (Å²) in [5, 5.41) is 11.6. The van der Waals surface area contributed by atoms with Crippen LogP contribution in [0.1, 0.15) is 28.1 Å². The summed E-state index contributed by atoms with van der Waals surface area (Å²) in [6, 6.07) is 16.4. The maximum absolute atomic E-state index is 13.1. The van der Waals surface area contributed by atoms with E-state index in [1.165, 1.54) is 12.1 Å². The van der Waals surface area contributed by atoms with Crippen LogP contribution in [-0.2, 0) is 11.3 Å². The molecule has 1 saturated heterocycles. The van der Waals surface area contributed by atoms with Gasteiger partial charge in [-0.2, -0.15) is 5.26 Å². The lowest BCUT2D eigenvalue weighted by molar-refractivity contribution is -0.123. The van der Waals surface area contributed by atoms with Crippen LogP contribution < -0.4 is 5.32 Å². The maximum atomic E-state index is 13.1. The SMILES string of the molecule is Cc1cc(/C=C2/NC(=O)N(Cc3ccc(F)cc3)C2=O)c(C)n1-c1ccc(C#N)cc1. The molecule has 1 aromatic heterocycles. The molecule has 0 spiro atoms. The Kier molecular flexibility index (Phi) is 5.14. The van der Waals surface area contributed by atoms with E-state index < -0.39 is 11.9 Å². The number of nitrogens with zero attached hydrogens (tertiary/aromatic N) is 3. The molecule has 0 bridgehead atoms. The van der Waals surface area contributed by atoms with Crippen LogP contribution in [0.5, 0.6) is 0 Å². The van der Waals surface area contributed by atoms with E-state index in [1.54, 1.807) is 30.3 Å². The Bertz CT molecular complexity index is 1250. The number of hydrogen-bond donors (Lipinski definition) is 1. The Morgan fingerprint density at radius 2 is 1.74 bits per heavy atom. The first-order valence-corrected chi connectivity index (χ1v) is 9.66. The van der Waals surface area contributed by atoms with Crippen LogP contribution in [0.15, 0.2) is 60.3 Å². The molecule has 0 radical (unpaired) electrons. The number of nitrogens with one attached hydrogen (secondary N) is 1. The summed E-state index contributed by atoms with van der Waals surface area (Å²) >= 11 is 0. The van der Waals surface area contributed by atoms with Gasteiger partial charge in [-0.05, 0) is 73.5 Å². The summed E-state index contributed by atoms with van der Waals surface area (Å²) in [6.07, 6.45) is 1.66. The van der Waals surface area contributed by atoms with Gasteiger partial charge < -0.3 is 9.88 Å². The van der Waals surface area contributed by atoms with Crippen molar-refractivity contribution in [3.63, 3.8) is 0 Å². The second kappa shape index (κ2) is 7.92. The molecular formula is C24H19FN4O2. The molecule has 6 nitrogen and oxygen atoms in total. The number of halogens is 1. The fraction of sp³-hybridized carbons (Fsp3) is 0.125. The number of rotatable bonds is 4. The highest BCUT2D eigenvalue weighted by Gasteiger charge is 2.33. The standard InChI is InChI=1S/C24H19FN4O2/c1-15-11-19(16(2)29(15)21-9-5-17(13-26)6-10-21)12-22-23(30)28(24(31)27-22)14-18-3-7-20(25)8-4-18/h3-12H,14H2,1-2H3,(H,27,31)/b22-12+. The van der Waals surface area contributed by atoms with E-state index in [-0.39, 0.29) is 18.1 Å². The highest BCUT2D eigenvalue weighted by Crippen LogP contribution is 2.24. The third-order valence-corrected chi connectivity index (χ3v) is 5.24. The van der Waals surface area contributed by atoms with Crippen molar-refractivity contribution in [3.05, 3.63) is 94.2 Å². The Balaban J connectivity index is 1.61. The van der Waals surface area contributed by atoms with Crippen molar-refractivity contribution in [3.8, 4) is 11.8 Å². The number of carbonyl (C=O) groups is 2. The van der Waals surface area contributed by atoms with Gasteiger partial charge in [0.15, 0.2) is 0 Å².